The highest BCUT2D eigenvalue weighted by Crippen LogP contribution is 2.17. The van der Waals surface area contributed by atoms with Crippen molar-refractivity contribution in [3.05, 3.63) is 0 Å². The monoisotopic (exact) mass is 785 g/mol. The third kappa shape index (κ3) is 132. The molecule has 352 valence electrons. The van der Waals surface area contributed by atoms with Crippen molar-refractivity contribution >= 4 is 0 Å². The first-order valence-electron chi connectivity index (χ1n) is 24.0. The molecule has 0 heteroatoms. The minimum Gasteiger partial charge on any atom is -0.0776 e. The summed E-state index contributed by atoms with van der Waals surface area (Å²) in [4.78, 5) is 0. The van der Waals surface area contributed by atoms with Gasteiger partial charge in [-0.25, -0.2) is 0 Å². The Labute approximate surface area is 359 Å². The molecule has 0 spiro atoms. The van der Waals surface area contributed by atoms with E-state index in [4.69, 9.17) is 0 Å². The predicted octanol–water partition coefficient (Wildman–Crippen LogP) is 24.5. The molecule has 54 heavy (non-hydrogen) atoms. The second kappa shape index (κ2) is 140. The van der Waals surface area contributed by atoms with Crippen LogP contribution in [0, 0.1) is 0 Å². The second-order valence-electron chi connectivity index (χ2n) is 11.3. The van der Waals surface area contributed by atoms with Crippen LogP contribution in [-0.4, -0.2) is 0 Å². The summed E-state index contributed by atoms with van der Waals surface area (Å²) >= 11 is 0. The Morgan fingerprint density at radius 1 is 0.0926 bits per heavy atom. The maximum atomic E-state index is 2.00. The molecule has 0 bridgehead atoms. The van der Waals surface area contributed by atoms with Crippen molar-refractivity contribution in [2.24, 2.45) is 0 Å². The zero-order chi connectivity index (χ0) is 38.6. The van der Waals surface area contributed by atoms with Crippen molar-refractivity contribution in [3.8, 4) is 0 Å². The molecule has 8 rings (SSSR count). The summed E-state index contributed by atoms with van der Waals surface area (Å²) in [5.41, 5.74) is 0. The van der Waals surface area contributed by atoms with Crippen LogP contribution in [0.5, 0.6) is 0 Å². The highest BCUT2D eigenvalue weighted by atomic mass is 14.0. The van der Waals surface area contributed by atoms with Gasteiger partial charge in [0.1, 0.15) is 0 Å². The van der Waals surface area contributed by atoms with Crippen molar-refractivity contribution in [1.82, 2.24) is 0 Å². The van der Waals surface area contributed by atoms with E-state index in [1.807, 2.05) is 111 Å². The zero-order valence-electron chi connectivity index (χ0n) is 38.6. The van der Waals surface area contributed by atoms with Crippen LogP contribution in [0.2, 0.25) is 0 Å². The molecule has 0 aromatic heterocycles. The van der Waals surface area contributed by atoms with Gasteiger partial charge in [0.25, 0.3) is 0 Å². The lowest BCUT2D eigenvalue weighted by Crippen LogP contribution is -1.85. The minimum atomic E-state index is 0. The summed E-state index contributed by atoms with van der Waals surface area (Å²) in [6.07, 6.45) is 48.0. The number of hydrogen-bond acceptors (Lipinski definition) is 0. The normalized spacial score (nSPS) is 15.1. The molecular formula is C54H136. The molecule has 8 aliphatic rings. The van der Waals surface area contributed by atoms with Crippen LogP contribution < -0.4 is 0 Å². The molecule has 0 nitrogen and oxygen atoms in total. The minimum absolute atomic E-state index is 0. The first-order valence-corrected chi connectivity index (χ1v) is 24.0. The molecule has 8 fully saturated rings. The van der Waals surface area contributed by atoms with Gasteiger partial charge in [-0.1, -0.05) is 361 Å². The molecule has 0 aromatic rings. The fourth-order valence-electron chi connectivity index (χ4n) is 2.00. The van der Waals surface area contributed by atoms with E-state index >= 15 is 0 Å². The van der Waals surface area contributed by atoms with E-state index in [9.17, 15) is 0 Å². The van der Waals surface area contributed by atoms with Gasteiger partial charge >= 0.3 is 0 Å². The molecule has 8 aliphatic carbocycles. The molecule has 0 heterocycles. The SMILES string of the molecule is C.C.C.C.C.C.C1CCC1.C1CCC1.C1CCC1.C1CCC1.C1CCC1.C1CCC1.C1CCC1.C1CCC1.CC.CC.CC.CC.CC.CC.CC.CC. The fraction of sp³-hybridized carbons (Fsp3) is 1.00. The fourth-order valence-corrected chi connectivity index (χ4v) is 2.00. The Balaban J connectivity index is -0.0000000265. The molecule has 0 aliphatic heterocycles. The third-order valence-corrected chi connectivity index (χ3v) is 8.00. The highest BCUT2D eigenvalue weighted by Gasteiger charge is 1.98. The standard InChI is InChI=1S/8C4H8.8C2H6.6CH4/c8*1-2-4-3-1;8*1-2;;;;;;/h8*1-4H2;8*1-2H3;6*1H4. The van der Waals surface area contributed by atoms with Gasteiger partial charge < -0.3 is 0 Å². The van der Waals surface area contributed by atoms with Crippen LogP contribution in [0.1, 0.15) is 361 Å². The Kier molecular flexibility index (Phi) is 246. The predicted molar refractivity (Wildman–Crippen MR) is 279 cm³/mol. The first-order chi connectivity index (χ1) is 24.0. The van der Waals surface area contributed by atoms with Crippen molar-refractivity contribution in [3.63, 3.8) is 0 Å². The van der Waals surface area contributed by atoms with Gasteiger partial charge in [0.15, 0.2) is 0 Å². The van der Waals surface area contributed by atoms with Gasteiger partial charge in [0, 0.05) is 0 Å². The van der Waals surface area contributed by atoms with Crippen LogP contribution in [0.4, 0.5) is 0 Å². The van der Waals surface area contributed by atoms with Crippen LogP contribution in [0.3, 0.4) is 0 Å². The summed E-state index contributed by atoms with van der Waals surface area (Å²) in [6, 6.07) is 0. The summed E-state index contributed by atoms with van der Waals surface area (Å²) in [7, 11) is 0. The smallest absolute Gasteiger partial charge is 0.0533 e. The highest BCUT2D eigenvalue weighted by molar-refractivity contribution is 4.53. The van der Waals surface area contributed by atoms with Gasteiger partial charge in [-0.05, 0) is 0 Å². The van der Waals surface area contributed by atoms with Crippen LogP contribution in [-0.2, 0) is 0 Å². The summed E-state index contributed by atoms with van der Waals surface area (Å²) in [6.45, 7) is 32.0. The number of hydrogen-bond donors (Lipinski definition) is 0. The van der Waals surface area contributed by atoms with Crippen molar-refractivity contribution in [2.75, 3.05) is 0 Å². The topological polar surface area (TPSA) is 0 Å². The molecule has 0 saturated heterocycles. The lowest BCUT2D eigenvalue weighted by molar-refractivity contribution is 0.504. The van der Waals surface area contributed by atoms with Crippen molar-refractivity contribution in [2.45, 2.75) is 361 Å². The molecular weight excluding hydrogens is 649 g/mol. The maximum Gasteiger partial charge on any atom is -0.0533 e. The summed E-state index contributed by atoms with van der Waals surface area (Å²) in [5, 5.41) is 0. The molecule has 0 aromatic carbocycles. The molecule has 0 radical (unpaired) electrons. The average molecular weight is 786 g/mol. The first kappa shape index (κ1) is 94.8. The molecule has 0 unspecified atom stereocenters. The molecule has 0 amide bonds. The average Bonchev–Trinajstić information content (AvgIpc) is 2.90. The van der Waals surface area contributed by atoms with E-state index in [0.717, 1.165) is 0 Å². The van der Waals surface area contributed by atoms with E-state index < -0.39 is 0 Å². The van der Waals surface area contributed by atoms with Crippen LogP contribution in [0.25, 0.3) is 0 Å². The Bertz CT molecular complexity index is 160. The summed E-state index contributed by atoms with van der Waals surface area (Å²) < 4.78 is 0. The van der Waals surface area contributed by atoms with Crippen LogP contribution >= 0.6 is 0 Å². The van der Waals surface area contributed by atoms with E-state index in [1.165, 1.54) is 205 Å². The van der Waals surface area contributed by atoms with Crippen LogP contribution in [0.15, 0.2) is 0 Å². The summed E-state index contributed by atoms with van der Waals surface area (Å²) in [5.74, 6) is 0. The second-order valence-corrected chi connectivity index (χ2v) is 11.3. The van der Waals surface area contributed by atoms with Gasteiger partial charge in [0.2, 0.25) is 0 Å². The lowest BCUT2D eigenvalue weighted by Gasteiger charge is -2.05. The van der Waals surface area contributed by atoms with Gasteiger partial charge in [-0.3, -0.25) is 0 Å². The Morgan fingerprint density at radius 2 is 0.111 bits per heavy atom. The van der Waals surface area contributed by atoms with E-state index in [2.05, 4.69) is 0 Å². The third-order valence-electron chi connectivity index (χ3n) is 8.00. The molecule has 0 N–H and O–H groups in total. The quantitative estimate of drug-likeness (QED) is 0.229. The molecule has 0 atom stereocenters. The van der Waals surface area contributed by atoms with Gasteiger partial charge in [-0.2, -0.15) is 0 Å². The van der Waals surface area contributed by atoms with E-state index in [-0.39, 0.29) is 44.6 Å². The van der Waals surface area contributed by atoms with Gasteiger partial charge in [0.05, 0.1) is 0 Å². The lowest BCUT2D eigenvalue weighted by atomic mass is 10.0. The van der Waals surface area contributed by atoms with Crippen molar-refractivity contribution in [1.29, 1.82) is 0 Å². The number of rotatable bonds is 0. The zero-order valence-corrected chi connectivity index (χ0v) is 38.6. The Morgan fingerprint density at radius 3 is 0.111 bits per heavy atom. The molecule has 8 saturated carbocycles. The Hall–Kier alpha value is 0. The van der Waals surface area contributed by atoms with Crippen molar-refractivity contribution < 1.29 is 0 Å². The van der Waals surface area contributed by atoms with E-state index in [0.29, 0.717) is 0 Å². The maximum absolute atomic E-state index is 2.00. The largest absolute Gasteiger partial charge is 0.0776 e. The van der Waals surface area contributed by atoms with E-state index in [1.54, 1.807) is 0 Å². The van der Waals surface area contributed by atoms with Gasteiger partial charge in [-0.15, -0.1) is 0 Å².